The van der Waals surface area contributed by atoms with Crippen LogP contribution in [0, 0.1) is 5.92 Å². The maximum absolute atomic E-state index is 12.3. The highest BCUT2D eigenvalue weighted by molar-refractivity contribution is 6.30. The molecule has 1 aliphatic heterocycles. The van der Waals surface area contributed by atoms with Crippen molar-refractivity contribution in [3.8, 4) is 0 Å². The first-order valence-electron chi connectivity index (χ1n) is 7.64. The molecule has 1 aliphatic rings. The van der Waals surface area contributed by atoms with Gasteiger partial charge in [0.2, 0.25) is 11.9 Å². The van der Waals surface area contributed by atoms with Crippen molar-refractivity contribution < 1.29 is 14.3 Å². The van der Waals surface area contributed by atoms with Gasteiger partial charge in [0, 0.05) is 20.1 Å². The summed E-state index contributed by atoms with van der Waals surface area (Å²) >= 11 is 5.75. The largest absolute Gasteiger partial charge is 0.466 e. The minimum atomic E-state index is -0.161. The molecule has 8 heteroatoms. The predicted molar refractivity (Wildman–Crippen MR) is 86.2 cm³/mol. The van der Waals surface area contributed by atoms with Gasteiger partial charge in [-0.2, -0.15) is 0 Å². The van der Waals surface area contributed by atoms with Crippen LogP contribution in [0.2, 0.25) is 5.02 Å². The fraction of sp³-hybridized carbons (Fsp3) is 0.600. The lowest BCUT2D eigenvalue weighted by Crippen LogP contribution is -2.45. The molecule has 2 rings (SSSR count). The molecular formula is C15H21ClN4O3. The maximum Gasteiger partial charge on any atom is 0.309 e. The van der Waals surface area contributed by atoms with Gasteiger partial charge < -0.3 is 14.5 Å². The van der Waals surface area contributed by atoms with Gasteiger partial charge in [-0.1, -0.05) is 11.6 Å². The number of nitrogens with zero attached hydrogens (tertiary/aromatic N) is 4. The summed E-state index contributed by atoms with van der Waals surface area (Å²) in [6.45, 7) is 3.51. The topological polar surface area (TPSA) is 75.6 Å². The highest BCUT2D eigenvalue weighted by atomic mass is 35.5. The summed E-state index contributed by atoms with van der Waals surface area (Å²) in [4.78, 5) is 35.6. The van der Waals surface area contributed by atoms with Crippen molar-refractivity contribution in [3.63, 3.8) is 0 Å². The van der Waals surface area contributed by atoms with Crippen molar-refractivity contribution in [1.29, 1.82) is 0 Å². The van der Waals surface area contributed by atoms with E-state index in [2.05, 4.69) is 9.97 Å². The number of aromatic nitrogens is 2. The fourth-order valence-corrected chi connectivity index (χ4v) is 2.60. The lowest BCUT2D eigenvalue weighted by Gasteiger charge is -2.32. The normalized spacial score (nSPS) is 15.3. The number of hydrogen-bond acceptors (Lipinski definition) is 6. The molecule has 1 aromatic rings. The molecule has 0 aromatic carbocycles. The number of halogens is 1. The summed E-state index contributed by atoms with van der Waals surface area (Å²) < 4.78 is 5.03. The Balaban J connectivity index is 1.83. The number of piperidine rings is 1. The van der Waals surface area contributed by atoms with Gasteiger partial charge in [-0.25, -0.2) is 9.97 Å². The van der Waals surface area contributed by atoms with Crippen LogP contribution in [-0.2, 0) is 14.3 Å². The first-order chi connectivity index (χ1) is 11.0. The average molecular weight is 341 g/mol. The fourth-order valence-electron chi connectivity index (χ4n) is 2.50. The molecule has 1 aromatic heterocycles. The van der Waals surface area contributed by atoms with Crippen LogP contribution in [0.3, 0.4) is 0 Å². The van der Waals surface area contributed by atoms with Crippen LogP contribution < -0.4 is 4.90 Å². The Labute approximate surface area is 140 Å². The Bertz CT molecular complexity index is 544. The molecule has 1 saturated heterocycles. The first kappa shape index (κ1) is 17.5. The molecule has 2 heterocycles. The van der Waals surface area contributed by atoms with Crippen LogP contribution in [0.4, 0.5) is 5.95 Å². The molecule has 1 amide bonds. The molecule has 1 fully saturated rings. The highest BCUT2D eigenvalue weighted by Crippen LogP contribution is 2.19. The number of likely N-dealkylation sites (N-methyl/N-ethyl adjacent to an activating group) is 1. The molecule has 0 spiro atoms. The summed E-state index contributed by atoms with van der Waals surface area (Å²) in [5, 5.41) is 0.453. The van der Waals surface area contributed by atoms with E-state index in [1.54, 1.807) is 23.8 Å². The van der Waals surface area contributed by atoms with Crippen molar-refractivity contribution in [1.82, 2.24) is 14.9 Å². The molecule has 0 saturated carbocycles. The van der Waals surface area contributed by atoms with E-state index in [1.807, 2.05) is 0 Å². The summed E-state index contributed by atoms with van der Waals surface area (Å²) in [5.41, 5.74) is 0. The van der Waals surface area contributed by atoms with E-state index >= 15 is 0 Å². The van der Waals surface area contributed by atoms with Crippen molar-refractivity contribution in [2.75, 3.05) is 38.2 Å². The van der Waals surface area contributed by atoms with Crippen molar-refractivity contribution in [2.24, 2.45) is 5.92 Å². The van der Waals surface area contributed by atoms with E-state index in [1.165, 1.54) is 12.4 Å². The van der Waals surface area contributed by atoms with Crippen molar-refractivity contribution in [2.45, 2.75) is 19.8 Å². The van der Waals surface area contributed by atoms with E-state index in [0.29, 0.717) is 43.5 Å². The molecule has 0 N–H and O–H groups in total. The molecule has 23 heavy (non-hydrogen) atoms. The Morgan fingerprint density at radius 3 is 2.52 bits per heavy atom. The summed E-state index contributed by atoms with van der Waals surface area (Å²) in [6.07, 6.45) is 4.28. The molecule has 7 nitrogen and oxygen atoms in total. The zero-order valence-electron chi connectivity index (χ0n) is 13.4. The number of ether oxygens (including phenoxy) is 1. The predicted octanol–water partition coefficient (Wildman–Crippen LogP) is 1.37. The molecular weight excluding hydrogens is 320 g/mol. The van der Waals surface area contributed by atoms with Gasteiger partial charge in [0.15, 0.2) is 0 Å². The van der Waals surface area contributed by atoms with E-state index in [9.17, 15) is 9.59 Å². The van der Waals surface area contributed by atoms with E-state index in [4.69, 9.17) is 16.3 Å². The Morgan fingerprint density at radius 2 is 1.96 bits per heavy atom. The van der Waals surface area contributed by atoms with Gasteiger partial charge in [0.25, 0.3) is 0 Å². The lowest BCUT2D eigenvalue weighted by molar-refractivity contribution is -0.151. The quantitative estimate of drug-likeness (QED) is 0.753. The minimum absolute atomic E-state index is 0.00615. The third-order valence-electron chi connectivity index (χ3n) is 3.79. The number of esters is 1. The third kappa shape index (κ3) is 4.79. The van der Waals surface area contributed by atoms with Gasteiger partial charge >= 0.3 is 5.97 Å². The van der Waals surface area contributed by atoms with Crippen LogP contribution in [0.25, 0.3) is 0 Å². The van der Waals surface area contributed by atoms with Crippen LogP contribution >= 0.6 is 11.6 Å². The van der Waals surface area contributed by atoms with Crippen LogP contribution in [0.1, 0.15) is 19.8 Å². The summed E-state index contributed by atoms with van der Waals surface area (Å²) in [7, 11) is 1.76. The second-order valence-electron chi connectivity index (χ2n) is 5.46. The zero-order valence-corrected chi connectivity index (χ0v) is 14.1. The molecule has 0 aliphatic carbocycles. The van der Waals surface area contributed by atoms with Crippen LogP contribution in [0.5, 0.6) is 0 Å². The van der Waals surface area contributed by atoms with Gasteiger partial charge in [0.05, 0.1) is 36.5 Å². The summed E-state index contributed by atoms with van der Waals surface area (Å²) in [5.74, 6) is 0.181. The van der Waals surface area contributed by atoms with E-state index in [-0.39, 0.29) is 24.3 Å². The van der Waals surface area contributed by atoms with Gasteiger partial charge in [-0.05, 0) is 19.8 Å². The monoisotopic (exact) mass is 340 g/mol. The Kier molecular flexibility index (Phi) is 6.15. The van der Waals surface area contributed by atoms with E-state index in [0.717, 1.165) is 0 Å². The Morgan fingerprint density at radius 1 is 1.35 bits per heavy atom. The number of rotatable bonds is 5. The Hall–Kier alpha value is -1.89. The number of carbonyl (C=O) groups excluding carboxylic acids is 2. The third-order valence-corrected chi connectivity index (χ3v) is 3.98. The maximum atomic E-state index is 12.3. The van der Waals surface area contributed by atoms with Crippen molar-refractivity contribution >= 4 is 29.4 Å². The molecule has 0 unspecified atom stereocenters. The minimum Gasteiger partial charge on any atom is -0.466 e. The lowest BCUT2D eigenvalue weighted by atomic mass is 9.97. The van der Waals surface area contributed by atoms with Gasteiger partial charge in [0.1, 0.15) is 0 Å². The molecule has 0 radical (unpaired) electrons. The smallest absolute Gasteiger partial charge is 0.309 e. The molecule has 0 atom stereocenters. The number of hydrogen-bond donors (Lipinski definition) is 0. The number of carbonyl (C=O) groups is 2. The van der Waals surface area contributed by atoms with Crippen molar-refractivity contribution in [3.05, 3.63) is 17.4 Å². The number of likely N-dealkylation sites (tertiary alicyclic amines) is 1. The molecule has 126 valence electrons. The van der Waals surface area contributed by atoms with Gasteiger partial charge in [-0.15, -0.1) is 0 Å². The molecule has 0 bridgehead atoms. The van der Waals surface area contributed by atoms with Crippen LogP contribution in [0.15, 0.2) is 12.4 Å². The highest BCUT2D eigenvalue weighted by Gasteiger charge is 2.28. The number of amides is 1. The van der Waals surface area contributed by atoms with Gasteiger partial charge in [-0.3, -0.25) is 9.59 Å². The standard InChI is InChI=1S/C15H21ClN4O3/c1-3-23-14(22)11-4-6-20(7-5-11)13(21)10-19(2)15-17-8-12(16)9-18-15/h8-9,11H,3-7,10H2,1-2H3. The van der Waals surface area contributed by atoms with E-state index < -0.39 is 0 Å². The van der Waals surface area contributed by atoms with Crippen LogP contribution in [-0.4, -0.2) is 60.0 Å². The zero-order chi connectivity index (χ0) is 16.8. The second kappa shape index (κ2) is 8.10. The number of anilines is 1. The first-order valence-corrected chi connectivity index (χ1v) is 8.02. The summed E-state index contributed by atoms with van der Waals surface area (Å²) in [6, 6.07) is 0. The average Bonchev–Trinajstić information content (AvgIpc) is 2.55. The second-order valence-corrected chi connectivity index (χ2v) is 5.90. The SMILES string of the molecule is CCOC(=O)C1CCN(C(=O)CN(C)c2ncc(Cl)cn2)CC1.